The van der Waals surface area contributed by atoms with Crippen molar-refractivity contribution in [2.24, 2.45) is 4.99 Å². The van der Waals surface area contributed by atoms with E-state index in [0.717, 1.165) is 44.8 Å². The summed E-state index contributed by atoms with van der Waals surface area (Å²) in [6, 6.07) is 61.2. The maximum atomic E-state index is 5.37. The maximum Gasteiger partial charge on any atom is 0.134 e. The van der Waals surface area contributed by atoms with Gasteiger partial charge in [0.1, 0.15) is 5.84 Å². The van der Waals surface area contributed by atoms with Crippen LogP contribution in [0.2, 0.25) is 0 Å². The molecule has 1 unspecified atom stereocenters. The highest BCUT2D eigenvalue weighted by atomic mass is 32.1. The van der Waals surface area contributed by atoms with E-state index in [4.69, 9.17) is 9.98 Å². The van der Waals surface area contributed by atoms with Gasteiger partial charge in [-0.15, -0.1) is 22.7 Å². The summed E-state index contributed by atoms with van der Waals surface area (Å²) in [5, 5.41) is 15.0. The van der Waals surface area contributed by atoms with Crippen molar-refractivity contribution in [1.29, 1.82) is 0 Å². The number of pyridine rings is 1. The first-order valence-corrected chi connectivity index (χ1v) is 20.6. The Hall–Kier alpha value is -6.66. The van der Waals surface area contributed by atoms with Gasteiger partial charge in [0, 0.05) is 67.6 Å². The highest BCUT2D eigenvalue weighted by Gasteiger charge is 2.24. The second kappa shape index (κ2) is 12.4. The molecule has 3 aromatic heterocycles. The molecule has 8 aromatic carbocycles. The van der Waals surface area contributed by atoms with Gasteiger partial charge in [0.2, 0.25) is 0 Å². The number of thiophene rings is 2. The summed E-state index contributed by atoms with van der Waals surface area (Å²) in [7, 11) is 0. The molecule has 11 aromatic rings. The molecule has 0 bridgehead atoms. The minimum atomic E-state index is -0.0755. The summed E-state index contributed by atoms with van der Waals surface area (Å²) >= 11 is 3.71. The molecule has 12 rings (SSSR count). The Bertz CT molecular complexity index is 3460. The van der Waals surface area contributed by atoms with E-state index in [2.05, 4.69) is 181 Å². The molecule has 1 N–H and O–H groups in total. The Morgan fingerprint density at radius 3 is 2.07 bits per heavy atom. The smallest absolute Gasteiger partial charge is 0.134 e. The summed E-state index contributed by atoms with van der Waals surface area (Å²) in [5.74, 6) is 0.873. The number of hydrogen-bond acceptors (Lipinski definition) is 5. The van der Waals surface area contributed by atoms with Gasteiger partial charge in [0.25, 0.3) is 0 Å². The number of benzene rings is 8. The standard InChI is InChI=1S/C51H31N3S2/c1-2-13-31(14-3-1)41-29-42(36-20-11-23-45-47(36)37-18-7-9-22-43(37)55-45)54-51(53-41)32-24-26-44-39(28-32)49-46(56-44)27-25-38-48(49)35-17-6-8-21-40(35)52-50(38)34-19-10-15-30-12-4-5-16-33(30)34/h1-29,42H,(H,53,54). The molecule has 0 saturated carbocycles. The largest absolute Gasteiger partial charge is 0.359 e. The molecule has 1 atom stereocenters. The van der Waals surface area contributed by atoms with Crippen LogP contribution in [0.25, 0.3) is 89.7 Å². The number of aromatic nitrogens is 1. The molecule has 0 saturated heterocycles. The number of para-hydroxylation sites is 1. The van der Waals surface area contributed by atoms with Crippen LogP contribution in [-0.4, -0.2) is 10.8 Å². The van der Waals surface area contributed by atoms with Gasteiger partial charge in [-0.2, -0.15) is 0 Å². The quantitative estimate of drug-likeness (QED) is 0.182. The lowest BCUT2D eigenvalue weighted by Gasteiger charge is -2.25. The SMILES string of the molecule is C1=C(c2ccccc2)N=C(c2ccc3sc4ccc5c(-c6cccc7ccccc67)nc6ccccc6c5c4c3c2)NC1c1cccc2sc3ccccc3c12. The first kappa shape index (κ1) is 31.7. The molecule has 56 heavy (non-hydrogen) atoms. The molecule has 1 aliphatic heterocycles. The van der Waals surface area contributed by atoms with Crippen LogP contribution in [0, 0.1) is 0 Å². The summed E-state index contributed by atoms with van der Waals surface area (Å²) in [6.07, 6.45) is 2.29. The number of nitrogens with one attached hydrogen (secondary N) is 1. The lowest BCUT2D eigenvalue weighted by atomic mass is 9.93. The highest BCUT2D eigenvalue weighted by molar-refractivity contribution is 7.26. The first-order chi connectivity index (χ1) is 27.7. The average molecular weight is 750 g/mol. The number of nitrogens with zero attached hydrogens (tertiary/aromatic N) is 2. The van der Waals surface area contributed by atoms with Crippen LogP contribution in [0.1, 0.15) is 22.7 Å². The van der Waals surface area contributed by atoms with Gasteiger partial charge in [-0.05, 0) is 70.4 Å². The van der Waals surface area contributed by atoms with Crippen LogP contribution in [0.5, 0.6) is 0 Å². The third kappa shape index (κ3) is 4.88. The van der Waals surface area contributed by atoms with Gasteiger partial charge < -0.3 is 5.32 Å². The van der Waals surface area contributed by atoms with Crippen LogP contribution < -0.4 is 5.32 Å². The molecule has 3 nitrogen and oxygen atoms in total. The molecule has 1 aliphatic rings. The van der Waals surface area contributed by atoms with E-state index in [1.54, 1.807) is 0 Å². The van der Waals surface area contributed by atoms with Crippen molar-refractivity contribution in [3.63, 3.8) is 0 Å². The predicted octanol–water partition coefficient (Wildman–Crippen LogP) is 14.1. The summed E-state index contributed by atoms with van der Waals surface area (Å²) in [4.78, 5) is 10.7. The zero-order valence-electron chi connectivity index (χ0n) is 30.0. The van der Waals surface area contributed by atoms with Crippen molar-refractivity contribution in [3.8, 4) is 11.3 Å². The van der Waals surface area contributed by atoms with Gasteiger partial charge in [-0.1, -0.05) is 127 Å². The van der Waals surface area contributed by atoms with E-state index in [-0.39, 0.29) is 6.04 Å². The highest BCUT2D eigenvalue weighted by Crippen LogP contribution is 2.45. The number of rotatable bonds is 4. The molecular formula is C51H31N3S2. The third-order valence-corrected chi connectivity index (χ3v) is 13.6. The molecule has 0 amide bonds. The molecule has 0 spiro atoms. The first-order valence-electron chi connectivity index (χ1n) is 18.9. The van der Waals surface area contributed by atoms with E-state index in [9.17, 15) is 0 Å². The topological polar surface area (TPSA) is 37.3 Å². The van der Waals surface area contributed by atoms with Gasteiger partial charge >= 0.3 is 0 Å². The van der Waals surface area contributed by atoms with Gasteiger partial charge in [-0.3, -0.25) is 0 Å². The molecule has 262 valence electrons. The van der Waals surface area contributed by atoms with Crippen molar-refractivity contribution < 1.29 is 0 Å². The Balaban J connectivity index is 1.08. The Labute approximate surface area is 330 Å². The fraction of sp³-hybridized carbons (Fsp3) is 0.0196. The Kier molecular flexibility index (Phi) is 7.03. The van der Waals surface area contributed by atoms with Crippen molar-refractivity contribution >= 4 is 107 Å². The third-order valence-electron chi connectivity index (χ3n) is 11.3. The normalized spacial score (nSPS) is 14.6. The second-order valence-electron chi connectivity index (χ2n) is 14.5. The minimum absolute atomic E-state index is 0.0755. The number of fused-ring (bicyclic) bond motifs is 11. The Morgan fingerprint density at radius 2 is 1.16 bits per heavy atom. The van der Waals surface area contributed by atoms with E-state index in [0.29, 0.717) is 0 Å². The van der Waals surface area contributed by atoms with Gasteiger partial charge in [0.15, 0.2) is 0 Å². The second-order valence-corrected chi connectivity index (χ2v) is 16.7. The van der Waals surface area contributed by atoms with Crippen LogP contribution >= 0.6 is 22.7 Å². The van der Waals surface area contributed by atoms with Crippen molar-refractivity contribution in [3.05, 3.63) is 193 Å². The van der Waals surface area contributed by atoms with Gasteiger partial charge in [0.05, 0.1) is 22.9 Å². The van der Waals surface area contributed by atoms with Crippen LogP contribution in [-0.2, 0) is 0 Å². The molecule has 0 aliphatic carbocycles. The van der Waals surface area contributed by atoms with E-state index in [1.807, 2.05) is 22.7 Å². The Morgan fingerprint density at radius 1 is 0.464 bits per heavy atom. The van der Waals surface area contributed by atoms with Crippen LogP contribution in [0.4, 0.5) is 0 Å². The number of hydrogen-bond donors (Lipinski definition) is 1. The van der Waals surface area contributed by atoms with Crippen molar-refractivity contribution in [2.45, 2.75) is 6.04 Å². The predicted molar refractivity (Wildman–Crippen MR) is 241 cm³/mol. The molecule has 0 radical (unpaired) electrons. The van der Waals surface area contributed by atoms with Crippen molar-refractivity contribution in [2.75, 3.05) is 0 Å². The summed E-state index contributed by atoms with van der Waals surface area (Å²) in [6.45, 7) is 0. The summed E-state index contributed by atoms with van der Waals surface area (Å²) in [5.41, 5.74) is 7.57. The monoisotopic (exact) mass is 749 g/mol. The molecule has 0 fully saturated rings. The summed E-state index contributed by atoms with van der Waals surface area (Å²) < 4.78 is 5.12. The van der Waals surface area contributed by atoms with E-state index >= 15 is 0 Å². The lowest BCUT2D eigenvalue weighted by molar-refractivity contribution is 0.788. The molecular weight excluding hydrogens is 719 g/mol. The van der Waals surface area contributed by atoms with Crippen LogP contribution in [0.15, 0.2) is 181 Å². The zero-order valence-corrected chi connectivity index (χ0v) is 31.7. The van der Waals surface area contributed by atoms with Gasteiger partial charge in [-0.25, -0.2) is 9.98 Å². The molecule has 4 heterocycles. The molecule has 5 heteroatoms. The van der Waals surface area contributed by atoms with Crippen molar-refractivity contribution in [1.82, 2.24) is 10.3 Å². The lowest BCUT2D eigenvalue weighted by Crippen LogP contribution is -2.31. The number of aliphatic imine (C=N–C) groups is 1. The fourth-order valence-electron chi connectivity index (χ4n) is 8.78. The maximum absolute atomic E-state index is 5.37. The van der Waals surface area contributed by atoms with E-state index < -0.39 is 0 Å². The van der Waals surface area contributed by atoms with E-state index in [1.165, 1.54) is 67.5 Å². The zero-order chi connectivity index (χ0) is 36.7. The number of amidine groups is 1. The fourth-order valence-corrected chi connectivity index (χ4v) is 11.0. The average Bonchev–Trinajstić information content (AvgIpc) is 3.84. The minimum Gasteiger partial charge on any atom is -0.359 e. The van der Waals surface area contributed by atoms with Crippen LogP contribution in [0.3, 0.4) is 0 Å².